The van der Waals surface area contributed by atoms with Gasteiger partial charge >= 0.3 is 0 Å². The van der Waals surface area contributed by atoms with Gasteiger partial charge in [-0.1, -0.05) is 11.6 Å². The summed E-state index contributed by atoms with van der Waals surface area (Å²) in [6.45, 7) is 0. The van der Waals surface area contributed by atoms with Gasteiger partial charge in [0, 0.05) is 18.0 Å². The molecule has 0 atom stereocenters. The molecule has 3 rings (SSSR count). The molecule has 3 aromatic rings. The molecule has 0 aliphatic rings. The van der Waals surface area contributed by atoms with E-state index in [1.165, 1.54) is 0 Å². The zero-order chi connectivity index (χ0) is 13.2. The Morgan fingerprint density at radius 2 is 2.26 bits per heavy atom. The highest BCUT2D eigenvalue weighted by molar-refractivity contribution is 6.33. The third kappa shape index (κ3) is 2.17. The first-order chi connectivity index (χ1) is 9.28. The van der Waals surface area contributed by atoms with Gasteiger partial charge in [-0.3, -0.25) is 9.67 Å². The van der Waals surface area contributed by atoms with Gasteiger partial charge in [0.15, 0.2) is 5.82 Å². The average molecular weight is 276 g/mol. The first kappa shape index (κ1) is 11.7. The normalized spacial score (nSPS) is 10.6. The molecule has 96 valence electrons. The molecule has 0 amide bonds. The summed E-state index contributed by atoms with van der Waals surface area (Å²) in [4.78, 5) is 8.32. The molecule has 1 N–H and O–H groups in total. The highest BCUT2D eigenvalue weighted by Crippen LogP contribution is 2.29. The van der Waals surface area contributed by atoms with Crippen molar-refractivity contribution in [2.24, 2.45) is 0 Å². The van der Waals surface area contributed by atoms with Crippen LogP contribution in [0.15, 0.2) is 36.9 Å². The maximum absolute atomic E-state index is 6.19. The minimum atomic E-state index is 0.513. The van der Waals surface area contributed by atoms with Gasteiger partial charge in [0.1, 0.15) is 12.1 Å². The number of hydrogen-bond acceptors (Lipinski definition) is 4. The zero-order valence-electron chi connectivity index (χ0n) is 10.0. The highest BCUT2D eigenvalue weighted by atomic mass is 35.5. The summed E-state index contributed by atoms with van der Waals surface area (Å²) in [5.41, 5.74) is 0.765. The minimum absolute atomic E-state index is 0.513. The molecule has 7 heteroatoms. The number of nitrogens with one attached hydrogen (secondary N) is 1. The van der Waals surface area contributed by atoms with Gasteiger partial charge in [-0.2, -0.15) is 4.98 Å². The lowest BCUT2D eigenvalue weighted by molar-refractivity contribution is 0.415. The lowest BCUT2D eigenvalue weighted by Crippen LogP contribution is -1.92. The lowest BCUT2D eigenvalue weighted by atomic mass is 10.2. The van der Waals surface area contributed by atoms with E-state index in [4.69, 9.17) is 16.3 Å². The van der Waals surface area contributed by atoms with Crippen molar-refractivity contribution >= 4 is 11.6 Å². The second-order valence-electron chi connectivity index (χ2n) is 3.80. The van der Waals surface area contributed by atoms with E-state index in [1.54, 1.807) is 36.5 Å². The molecule has 19 heavy (non-hydrogen) atoms. The number of nitrogens with zero attached hydrogens (tertiary/aromatic N) is 4. The molecular formula is C12H10ClN5O. The van der Waals surface area contributed by atoms with E-state index in [1.807, 2.05) is 12.1 Å². The SMILES string of the molecule is COc1ccc(-c2nc(-n3ccnc3)n[nH]2)c(Cl)c1. The maximum atomic E-state index is 6.19. The van der Waals surface area contributed by atoms with Crippen LogP contribution in [0, 0.1) is 0 Å². The van der Waals surface area contributed by atoms with E-state index in [0.29, 0.717) is 22.5 Å². The monoisotopic (exact) mass is 275 g/mol. The Kier molecular flexibility index (Phi) is 2.92. The Hall–Kier alpha value is -2.34. The van der Waals surface area contributed by atoms with Crippen LogP contribution in [0.5, 0.6) is 5.75 Å². The predicted octanol–water partition coefficient (Wildman–Crippen LogP) is 2.32. The van der Waals surface area contributed by atoms with E-state index in [9.17, 15) is 0 Å². The van der Waals surface area contributed by atoms with Crippen molar-refractivity contribution in [3.05, 3.63) is 41.9 Å². The molecule has 0 unspecified atom stereocenters. The standard InChI is InChI=1S/C12H10ClN5O/c1-19-8-2-3-9(10(13)6-8)11-15-12(17-16-11)18-5-4-14-7-18/h2-7H,1H3,(H,15,16,17). The van der Waals surface area contributed by atoms with Gasteiger partial charge in [-0.25, -0.2) is 4.98 Å². The van der Waals surface area contributed by atoms with Crippen LogP contribution in [0.2, 0.25) is 5.02 Å². The van der Waals surface area contributed by atoms with E-state index < -0.39 is 0 Å². The van der Waals surface area contributed by atoms with Crippen LogP contribution in [0.25, 0.3) is 17.3 Å². The van der Waals surface area contributed by atoms with Crippen molar-refractivity contribution in [2.45, 2.75) is 0 Å². The number of halogens is 1. The second-order valence-corrected chi connectivity index (χ2v) is 4.21. The summed E-state index contributed by atoms with van der Waals surface area (Å²) in [7, 11) is 1.59. The number of imidazole rings is 1. The summed E-state index contributed by atoms with van der Waals surface area (Å²) in [5.74, 6) is 1.80. The van der Waals surface area contributed by atoms with Gasteiger partial charge in [0.25, 0.3) is 5.95 Å². The Morgan fingerprint density at radius 1 is 1.37 bits per heavy atom. The molecule has 0 saturated heterocycles. The summed E-state index contributed by atoms with van der Waals surface area (Å²) in [5, 5.41) is 7.52. The summed E-state index contributed by atoms with van der Waals surface area (Å²) < 4.78 is 6.81. The average Bonchev–Trinajstić information content (AvgIpc) is 3.09. The smallest absolute Gasteiger partial charge is 0.254 e. The number of rotatable bonds is 3. The molecule has 0 spiro atoms. The van der Waals surface area contributed by atoms with Crippen LogP contribution >= 0.6 is 11.6 Å². The molecule has 6 nitrogen and oxygen atoms in total. The van der Waals surface area contributed by atoms with Crippen molar-refractivity contribution in [3.63, 3.8) is 0 Å². The second kappa shape index (κ2) is 4.74. The first-order valence-electron chi connectivity index (χ1n) is 5.52. The molecular weight excluding hydrogens is 266 g/mol. The lowest BCUT2D eigenvalue weighted by Gasteiger charge is -2.03. The summed E-state index contributed by atoms with van der Waals surface area (Å²) in [6, 6.07) is 5.39. The Morgan fingerprint density at radius 3 is 2.95 bits per heavy atom. The van der Waals surface area contributed by atoms with Crippen LogP contribution < -0.4 is 4.74 Å². The predicted molar refractivity (Wildman–Crippen MR) is 70.5 cm³/mol. The Labute approximate surface area is 114 Å². The van der Waals surface area contributed by atoms with Crippen LogP contribution in [0.3, 0.4) is 0 Å². The van der Waals surface area contributed by atoms with Crippen molar-refractivity contribution in [2.75, 3.05) is 7.11 Å². The third-order valence-corrected chi connectivity index (χ3v) is 2.95. The third-order valence-electron chi connectivity index (χ3n) is 2.64. The molecule has 0 aliphatic carbocycles. The largest absolute Gasteiger partial charge is 0.497 e. The number of H-pyrrole nitrogens is 1. The van der Waals surface area contributed by atoms with Crippen LogP contribution in [0.1, 0.15) is 0 Å². The molecule has 1 aromatic carbocycles. The molecule has 2 aromatic heterocycles. The fraction of sp³-hybridized carbons (Fsp3) is 0.0833. The number of methoxy groups -OCH3 is 1. The van der Waals surface area contributed by atoms with Crippen molar-refractivity contribution in [1.29, 1.82) is 0 Å². The fourth-order valence-corrected chi connectivity index (χ4v) is 1.94. The highest BCUT2D eigenvalue weighted by Gasteiger charge is 2.10. The van der Waals surface area contributed by atoms with Crippen molar-refractivity contribution in [3.8, 4) is 23.1 Å². The molecule has 2 heterocycles. The van der Waals surface area contributed by atoms with Crippen LogP contribution in [-0.2, 0) is 0 Å². The number of benzene rings is 1. The molecule has 0 fully saturated rings. The van der Waals surface area contributed by atoms with Gasteiger partial charge in [0.05, 0.1) is 12.1 Å². The summed E-state index contributed by atoms with van der Waals surface area (Å²) in [6.07, 6.45) is 5.06. The minimum Gasteiger partial charge on any atom is -0.497 e. The number of hydrogen-bond donors (Lipinski definition) is 1. The van der Waals surface area contributed by atoms with Crippen LogP contribution in [0.4, 0.5) is 0 Å². The first-order valence-corrected chi connectivity index (χ1v) is 5.90. The van der Waals surface area contributed by atoms with Crippen molar-refractivity contribution < 1.29 is 4.74 Å². The fourth-order valence-electron chi connectivity index (χ4n) is 1.68. The maximum Gasteiger partial charge on any atom is 0.254 e. The van der Waals surface area contributed by atoms with E-state index in [2.05, 4.69) is 20.2 Å². The van der Waals surface area contributed by atoms with Gasteiger partial charge in [-0.05, 0) is 18.2 Å². The molecule has 0 aliphatic heterocycles. The number of aromatic nitrogens is 5. The van der Waals surface area contributed by atoms with E-state index in [0.717, 1.165) is 5.56 Å². The zero-order valence-corrected chi connectivity index (χ0v) is 10.8. The van der Waals surface area contributed by atoms with Crippen molar-refractivity contribution in [1.82, 2.24) is 24.7 Å². The van der Waals surface area contributed by atoms with Gasteiger partial charge in [0.2, 0.25) is 0 Å². The van der Waals surface area contributed by atoms with Gasteiger partial charge < -0.3 is 4.74 Å². The quantitative estimate of drug-likeness (QED) is 0.796. The molecule has 0 radical (unpaired) electrons. The number of ether oxygens (including phenoxy) is 1. The molecule has 0 bridgehead atoms. The van der Waals surface area contributed by atoms with E-state index in [-0.39, 0.29) is 0 Å². The topological polar surface area (TPSA) is 68.6 Å². The number of aromatic amines is 1. The van der Waals surface area contributed by atoms with Crippen LogP contribution in [-0.4, -0.2) is 31.8 Å². The Balaban J connectivity index is 1.99. The Bertz CT molecular complexity index is 692. The van der Waals surface area contributed by atoms with E-state index >= 15 is 0 Å². The molecule has 0 saturated carbocycles. The summed E-state index contributed by atoms with van der Waals surface area (Å²) >= 11 is 6.19. The van der Waals surface area contributed by atoms with Gasteiger partial charge in [-0.15, -0.1) is 5.10 Å².